The summed E-state index contributed by atoms with van der Waals surface area (Å²) < 4.78 is 0. The molecule has 0 saturated heterocycles. The second-order valence-corrected chi connectivity index (χ2v) is 5.59. The number of hydrogen-bond acceptors (Lipinski definition) is 3. The van der Waals surface area contributed by atoms with Gasteiger partial charge in [0.05, 0.1) is 0 Å². The van der Waals surface area contributed by atoms with E-state index in [0.717, 1.165) is 23.4 Å². The topological polar surface area (TPSA) is 61.4 Å². The van der Waals surface area contributed by atoms with Gasteiger partial charge >= 0.3 is 11.8 Å². The van der Waals surface area contributed by atoms with Crippen LogP contribution in [-0.2, 0) is 16.1 Å². The summed E-state index contributed by atoms with van der Waals surface area (Å²) in [6.45, 7) is 5.11. The van der Waals surface area contributed by atoms with Crippen molar-refractivity contribution in [3.63, 3.8) is 0 Å². The minimum atomic E-state index is -0.661. The minimum absolute atomic E-state index is 0.306. The number of anilines is 2. The molecule has 0 heterocycles. The van der Waals surface area contributed by atoms with Crippen molar-refractivity contribution >= 4 is 23.2 Å². The van der Waals surface area contributed by atoms with Gasteiger partial charge in [0.25, 0.3) is 0 Å². The van der Waals surface area contributed by atoms with E-state index in [0.29, 0.717) is 12.2 Å². The summed E-state index contributed by atoms with van der Waals surface area (Å²) in [7, 11) is 1.99. The first-order valence-electron chi connectivity index (χ1n) is 7.96. The summed E-state index contributed by atoms with van der Waals surface area (Å²) >= 11 is 0. The number of rotatable bonds is 5. The van der Waals surface area contributed by atoms with Crippen LogP contribution in [0.1, 0.15) is 18.1 Å². The molecule has 0 fully saturated rings. The number of nitrogens with one attached hydrogen (secondary N) is 2. The van der Waals surface area contributed by atoms with E-state index in [2.05, 4.69) is 22.5 Å². The van der Waals surface area contributed by atoms with Crippen LogP contribution in [0.2, 0.25) is 0 Å². The predicted octanol–water partition coefficient (Wildman–Crippen LogP) is 2.71. The molecule has 0 radical (unpaired) electrons. The maximum absolute atomic E-state index is 12.0. The van der Waals surface area contributed by atoms with E-state index in [1.165, 1.54) is 0 Å². The van der Waals surface area contributed by atoms with Gasteiger partial charge in [0.1, 0.15) is 0 Å². The van der Waals surface area contributed by atoms with Gasteiger partial charge in [0.15, 0.2) is 0 Å². The molecule has 2 rings (SSSR count). The second-order valence-electron chi connectivity index (χ2n) is 5.59. The Hall–Kier alpha value is -2.82. The third kappa shape index (κ3) is 4.35. The highest BCUT2D eigenvalue weighted by molar-refractivity contribution is 6.39. The van der Waals surface area contributed by atoms with E-state index >= 15 is 0 Å². The Morgan fingerprint density at radius 2 is 1.67 bits per heavy atom. The van der Waals surface area contributed by atoms with Gasteiger partial charge in [-0.15, -0.1) is 0 Å². The Morgan fingerprint density at radius 1 is 1.00 bits per heavy atom. The Kier molecular flexibility index (Phi) is 5.95. The zero-order chi connectivity index (χ0) is 17.5. The minimum Gasteiger partial charge on any atom is -0.375 e. The third-order valence-corrected chi connectivity index (χ3v) is 3.92. The lowest BCUT2D eigenvalue weighted by Gasteiger charge is -2.20. The van der Waals surface area contributed by atoms with Gasteiger partial charge in [-0.1, -0.05) is 36.4 Å². The van der Waals surface area contributed by atoms with E-state index in [9.17, 15) is 9.59 Å². The number of amides is 2. The Labute approximate surface area is 142 Å². The van der Waals surface area contributed by atoms with Crippen molar-refractivity contribution in [2.24, 2.45) is 0 Å². The molecule has 0 atom stereocenters. The zero-order valence-corrected chi connectivity index (χ0v) is 14.3. The highest BCUT2D eigenvalue weighted by atomic mass is 16.2. The Bertz CT molecular complexity index is 728. The fourth-order valence-electron chi connectivity index (χ4n) is 2.35. The summed E-state index contributed by atoms with van der Waals surface area (Å²) in [5.74, 6) is -1.31. The van der Waals surface area contributed by atoms with Crippen molar-refractivity contribution in [1.82, 2.24) is 5.32 Å². The highest BCUT2D eigenvalue weighted by Crippen LogP contribution is 2.18. The predicted molar refractivity (Wildman–Crippen MR) is 97.0 cm³/mol. The quantitative estimate of drug-likeness (QED) is 0.831. The Morgan fingerprint density at radius 3 is 2.38 bits per heavy atom. The van der Waals surface area contributed by atoms with Crippen LogP contribution < -0.4 is 15.5 Å². The molecular weight excluding hydrogens is 302 g/mol. The number of carbonyl (C=O) groups excluding carboxylic acids is 2. The lowest BCUT2D eigenvalue weighted by Crippen LogP contribution is -2.35. The molecule has 2 aromatic carbocycles. The molecule has 5 heteroatoms. The van der Waals surface area contributed by atoms with Crippen LogP contribution in [0.3, 0.4) is 0 Å². The van der Waals surface area contributed by atoms with Crippen molar-refractivity contribution in [2.45, 2.75) is 20.4 Å². The summed E-state index contributed by atoms with van der Waals surface area (Å²) in [6.07, 6.45) is 0. The molecule has 2 aromatic rings. The number of hydrogen-bond donors (Lipinski definition) is 2. The third-order valence-electron chi connectivity index (χ3n) is 3.92. The Balaban J connectivity index is 1.98. The van der Waals surface area contributed by atoms with Gasteiger partial charge < -0.3 is 15.5 Å². The number of para-hydroxylation sites is 2. The maximum atomic E-state index is 12.0. The van der Waals surface area contributed by atoms with E-state index in [-0.39, 0.29) is 0 Å². The molecule has 0 aliphatic rings. The molecule has 0 aromatic heterocycles. The van der Waals surface area contributed by atoms with E-state index in [1.54, 1.807) is 6.07 Å². The molecule has 126 valence electrons. The van der Waals surface area contributed by atoms with Crippen molar-refractivity contribution < 1.29 is 9.59 Å². The summed E-state index contributed by atoms with van der Waals surface area (Å²) in [4.78, 5) is 26.2. The molecule has 5 nitrogen and oxygen atoms in total. The van der Waals surface area contributed by atoms with Crippen LogP contribution in [-0.4, -0.2) is 25.4 Å². The van der Waals surface area contributed by atoms with Crippen LogP contribution in [0.25, 0.3) is 0 Å². The van der Waals surface area contributed by atoms with E-state index in [1.807, 2.05) is 56.4 Å². The number of aryl methyl sites for hydroxylation is 1. The molecular formula is C19H23N3O2. The smallest absolute Gasteiger partial charge is 0.313 e. The van der Waals surface area contributed by atoms with E-state index in [4.69, 9.17) is 0 Å². The average molecular weight is 325 g/mol. The second kappa shape index (κ2) is 8.15. The van der Waals surface area contributed by atoms with Crippen LogP contribution in [0.5, 0.6) is 0 Å². The first-order chi connectivity index (χ1) is 11.5. The van der Waals surface area contributed by atoms with Gasteiger partial charge in [-0.3, -0.25) is 9.59 Å². The summed E-state index contributed by atoms with van der Waals surface area (Å²) in [6, 6.07) is 15.2. The molecule has 0 bridgehead atoms. The van der Waals surface area contributed by atoms with Crippen LogP contribution >= 0.6 is 0 Å². The van der Waals surface area contributed by atoms with Crippen LogP contribution in [0, 0.1) is 6.92 Å². The van der Waals surface area contributed by atoms with Crippen molar-refractivity contribution in [3.05, 3.63) is 59.7 Å². The van der Waals surface area contributed by atoms with Crippen molar-refractivity contribution in [1.29, 1.82) is 0 Å². The standard InChI is InChI=1S/C19H23N3O2/c1-4-22(3)17-12-8-6-10-15(17)13-20-18(23)19(24)21-16-11-7-5-9-14(16)2/h5-12H,4,13H2,1-3H3,(H,20,23)(H,21,24). The monoisotopic (exact) mass is 325 g/mol. The van der Waals surface area contributed by atoms with Crippen LogP contribution in [0.15, 0.2) is 48.5 Å². The van der Waals surface area contributed by atoms with Gasteiger partial charge in [-0.05, 0) is 37.1 Å². The highest BCUT2D eigenvalue weighted by Gasteiger charge is 2.15. The van der Waals surface area contributed by atoms with E-state index < -0.39 is 11.8 Å². The molecule has 2 N–H and O–H groups in total. The lowest BCUT2D eigenvalue weighted by atomic mass is 10.1. The largest absolute Gasteiger partial charge is 0.375 e. The number of nitrogens with zero attached hydrogens (tertiary/aromatic N) is 1. The first-order valence-corrected chi connectivity index (χ1v) is 7.96. The van der Waals surface area contributed by atoms with Gasteiger partial charge in [-0.25, -0.2) is 0 Å². The normalized spacial score (nSPS) is 10.1. The molecule has 24 heavy (non-hydrogen) atoms. The SMILES string of the molecule is CCN(C)c1ccccc1CNC(=O)C(=O)Nc1ccccc1C. The number of carbonyl (C=O) groups is 2. The zero-order valence-electron chi connectivity index (χ0n) is 14.3. The molecule has 2 amide bonds. The maximum Gasteiger partial charge on any atom is 0.313 e. The first kappa shape index (κ1) is 17.5. The van der Waals surface area contributed by atoms with Crippen molar-refractivity contribution in [3.8, 4) is 0 Å². The molecule has 0 aliphatic heterocycles. The molecule has 0 unspecified atom stereocenters. The van der Waals surface area contributed by atoms with Crippen molar-refractivity contribution in [2.75, 3.05) is 23.8 Å². The average Bonchev–Trinajstić information content (AvgIpc) is 2.61. The van der Waals surface area contributed by atoms with Gasteiger partial charge in [0.2, 0.25) is 0 Å². The summed E-state index contributed by atoms with van der Waals surface area (Å²) in [5.41, 5.74) is 3.57. The summed E-state index contributed by atoms with van der Waals surface area (Å²) in [5, 5.41) is 5.31. The number of benzene rings is 2. The fraction of sp³-hybridized carbons (Fsp3) is 0.263. The molecule has 0 spiro atoms. The lowest BCUT2D eigenvalue weighted by molar-refractivity contribution is -0.136. The van der Waals surface area contributed by atoms with Gasteiger partial charge in [0, 0.05) is 31.5 Å². The molecule has 0 aliphatic carbocycles. The van der Waals surface area contributed by atoms with Crippen LogP contribution in [0.4, 0.5) is 11.4 Å². The molecule has 0 saturated carbocycles. The van der Waals surface area contributed by atoms with Gasteiger partial charge in [-0.2, -0.15) is 0 Å². The fourth-order valence-corrected chi connectivity index (χ4v) is 2.35.